The molecule has 0 radical (unpaired) electrons. The van der Waals surface area contributed by atoms with Crippen LogP contribution in [0.5, 0.6) is 0 Å². The fourth-order valence-corrected chi connectivity index (χ4v) is 0.571. The van der Waals surface area contributed by atoms with Gasteiger partial charge in [0.05, 0.1) is 0 Å². The maximum Gasteiger partial charge on any atom is 0.0403 e. The third-order valence-corrected chi connectivity index (χ3v) is 1.06. The normalized spacial score (nSPS) is 11.0. The molecule has 0 aliphatic rings. The Bertz CT molecular complexity index is 131. The Labute approximate surface area is 55.2 Å². The zero-order chi connectivity index (χ0) is 6.57. The SMILES string of the molecule is C=CC(=CC)C(=C)Cl. The molecule has 0 aliphatic heterocycles. The van der Waals surface area contributed by atoms with Crippen molar-refractivity contribution in [2.45, 2.75) is 6.92 Å². The molecule has 0 saturated carbocycles. The van der Waals surface area contributed by atoms with Crippen LogP contribution in [0.2, 0.25) is 0 Å². The first-order valence-corrected chi connectivity index (χ1v) is 2.73. The van der Waals surface area contributed by atoms with E-state index < -0.39 is 0 Å². The molecule has 0 atom stereocenters. The van der Waals surface area contributed by atoms with Gasteiger partial charge in [0.25, 0.3) is 0 Å². The van der Waals surface area contributed by atoms with Gasteiger partial charge in [-0.3, -0.25) is 0 Å². The summed E-state index contributed by atoms with van der Waals surface area (Å²) in [4.78, 5) is 0. The predicted molar refractivity (Wildman–Crippen MR) is 38.9 cm³/mol. The summed E-state index contributed by atoms with van der Waals surface area (Å²) in [5.74, 6) is 0. The van der Waals surface area contributed by atoms with E-state index in [9.17, 15) is 0 Å². The summed E-state index contributed by atoms with van der Waals surface area (Å²) >= 11 is 5.51. The van der Waals surface area contributed by atoms with Gasteiger partial charge in [0.1, 0.15) is 0 Å². The van der Waals surface area contributed by atoms with Crippen molar-refractivity contribution < 1.29 is 0 Å². The fourth-order valence-electron chi connectivity index (χ4n) is 0.385. The minimum absolute atomic E-state index is 0.544. The highest BCUT2D eigenvalue weighted by atomic mass is 35.5. The van der Waals surface area contributed by atoms with Crippen LogP contribution in [0.3, 0.4) is 0 Å². The molecule has 44 valence electrons. The van der Waals surface area contributed by atoms with E-state index in [1.807, 2.05) is 13.0 Å². The fraction of sp³-hybridized carbons (Fsp3) is 0.143. The third kappa shape index (κ3) is 1.99. The molecular formula is C7H9Cl. The van der Waals surface area contributed by atoms with Gasteiger partial charge in [-0.05, 0) is 12.5 Å². The van der Waals surface area contributed by atoms with Crippen LogP contribution in [0.15, 0.2) is 35.9 Å². The minimum atomic E-state index is 0.544. The van der Waals surface area contributed by atoms with Crippen molar-refractivity contribution in [3.8, 4) is 0 Å². The van der Waals surface area contributed by atoms with Crippen LogP contribution >= 0.6 is 11.6 Å². The molecule has 1 heteroatoms. The van der Waals surface area contributed by atoms with Gasteiger partial charge in [-0.15, -0.1) is 0 Å². The number of hydrogen-bond donors (Lipinski definition) is 0. The molecule has 0 aromatic rings. The van der Waals surface area contributed by atoms with Gasteiger partial charge in [-0.1, -0.05) is 36.9 Å². The van der Waals surface area contributed by atoms with Crippen LogP contribution in [-0.4, -0.2) is 0 Å². The topological polar surface area (TPSA) is 0 Å². The smallest absolute Gasteiger partial charge is 0.0403 e. The molecule has 0 fully saturated rings. The largest absolute Gasteiger partial charge is 0.0984 e. The zero-order valence-electron chi connectivity index (χ0n) is 4.95. The molecule has 8 heavy (non-hydrogen) atoms. The van der Waals surface area contributed by atoms with Crippen molar-refractivity contribution >= 4 is 11.6 Å². The molecule has 0 rings (SSSR count). The molecule has 0 aliphatic carbocycles. The quantitative estimate of drug-likeness (QED) is 0.502. The molecule has 0 spiro atoms. The van der Waals surface area contributed by atoms with Gasteiger partial charge in [-0.2, -0.15) is 0 Å². The van der Waals surface area contributed by atoms with Crippen molar-refractivity contribution in [2.75, 3.05) is 0 Å². The van der Waals surface area contributed by atoms with Crippen LogP contribution in [0.4, 0.5) is 0 Å². The Balaban J connectivity index is 4.13. The van der Waals surface area contributed by atoms with E-state index in [4.69, 9.17) is 11.6 Å². The Morgan fingerprint density at radius 1 is 1.62 bits per heavy atom. The van der Waals surface area contributed by atoms with Crippen LogP contribution in [0, 0.1) is 0 Å². The number of hydrogen-bond acceptors (Lipinski definition) is 0. The first-order valence-electron chi connectivity index (χ1n) is 2.36. The van der Waals surface area contributed by atoms with Gasteiger partial charge < -0.3 is 0 Å². The van der Waals surface area contributed by atoms with Crippen molar-refractivity contribution in [3.05, 3.63) is 35.9 Å². The summed E-state index contributed by atoms with van der Waals surface area (Å²) in [5, 5.41) is 0.544. The second kappa shape index (κ2) is 3.50. The van der Waals surface area contributed by atoms with Crippen molar-refractivity contribution in [2.24, 2.45) is 0 Å². The maximum atomic E-state index is 5.51. The predicted octanol–water partition coefficient (Wildman–Crippen LogP) is 2.87. The first kappa shape index (κ1) is 7.51. The summed E-state index contributed by atoms with van der Waals surface area (Å²) in [5.41, 5.74) is 0.895. The second-order valence-electron chi connectivity index (χ2n) is 1.35. The van der Waals surface area contributed by atoms with E-state index in [-0.39, 0.29) is 0 Å². The lowest BCUT2D eigenvalue weighted by Crippen LogP contribution is -1.70. The first-order chi connectivity index (χ1) is 3.72. The molecule has 0 nitrogen and oxygen atoms in total. The lowest BCUT2D eigenvalue weighted by atomic mass is 10.2. The highest BCUT2D eigenvalue weighted by Gasteiger charge is 1.88. The summed E-state index contributed by atoms with van der Waals surface area (Å²) in [6.45, 7) is 8.96. The van der Waals surface area contributed by atoms with Gasteiger partial charge in [0, 0.05) is 5.03 Å². The van der Waals surface area contributed by atoms with E-state index in [0.717, 1.165) is 5.57 Å². The molecule has 0 saturated heterocycles. The molecule has 0 unspecified atom stereocenters. The maximum absolute atomic E-state index is 5.51. The molecule has 0 N–H and O–H groups in total. The zero-order valence-corrected chi connectivity index (χ0v) is 5.70. The molecule has 0 aromatic carbocycles. The Morgan fingerprint density at radius 3 is 2.12 bits per heavy atom. The minimum Gasteiger partial charge on any atom is -0.0984 e. The Kier molecular flexibility index (Phi) is 3.29. The van der Waals surface area contributed by atoms with Gasteiger partial charge in [-0.25, -0.2) is 0 Å². The highest BCUT2D eigenvalue weighted by molar-refractivity contribution is 6.31. The molecule has 0 bridgehead atoms. The van der Waals surface area contributed by atoms with E-state index in [2.05, 4.69) is 13.2 Å². The van der Waals surface area contributed by atoms with Gasteiger partial charge >= 0.3 is 0 Å². The molecule has 0 amide bonds. The molecular weight excluding hydrogens is 120 g/mol. The van der Waals surface area contributed by atoms with Gasteiger partial charge in [0.15, 0.2) is 0 Å². The van der Waals surface area contributed by atoms with Crippen LogP contribution in [0.1, 0.15) is 6.92 Å². The number of halogens is 1. The van der Waals surface area contributed by atoms with E-state index in [1.54, 1.807) is 6.08 Å². The lowest BCUT2D eigenvalue weighted by molar-refractivity contribution is 1.60. The average Bonchev–Trinajstić information content (AvgIpc) is 1.69. The number of allylic oxidation sites excluding steroid dienone is 4. The lowest BCUT2D eigenvalue weighted by Gasteiger charge is -1.91. The summed E-state index contributed by atoms with van der Waals surface area (Å²) in [7, 11) is 0. The van der Waals surface area contributed by atoms with Crippen LogP contribution in [-0.2, 0) is 0 Å². The summed E-state index contributed by atoms with van der Waals surface area (Å²) < 4.78 is 0. The van der Waals surface area contributed by atoms with Crippen LogP contribution in [0.25, 0.3) is 0 Å². The van der Waals surface area contributed by atoms with E-state index >= 15 is 0 Å². The van der Waals surface area contributed by atoms with E-state index in [0.29, 0.717) is 5.03 Å². The average molecular weight is 129 g/mol. The second-order valence-corrected chi connectivity index (χ2v) is 1.81. The standard InChI is InChI=1S/C7H9Cl/c1-4-7(5-2)6(3)8/h4-5H,1,3H2,2H3. The molecule has 0 aromatic heterocycles. The summed E-state index contributed by atoms with van der Waals surface area (Å²) in [6.07, 6.45) is 3.54. The number of rotatable bonds is 2. The van der Waals surface area contributed by atoms with Gasteiger partial charge in [0.2, 0.25) is 0 Å². The van der Waals surface area contributed by atoms with Crippen molar-refractivity contribution in [3.63, 3.8) is 0 Å². The Hall–Kier alpha value is -0.490. The Morgan fingerprint density at radius 2 is 2.12 bits per heavy atom. The van der Waals surface area contributed by atoms with Crippen molar-refractivity contribution in [1.29, 1.82) is 0 Å². The third-order valence-electron chi connectivity index (χ3n) is 0.844. The van der Waals surface area contributed by atoms with Crippen molar-refractivity contribution in [1.82, 2.24) is 0 Å². The molecule has 0 heterocycles. The van der Waals surface area contributed by atoms with Crippen LogP contribution < -0.4 is 0 Å². The monoisotopic (exact) mass is 128 g/mol. The highest BCUT2D eigenvalue weighted by Crippen LogP contribution is 2.11. The summed E-state index contributed by atoms with van der Waals surface area (Å²) in [6, 6.07) is 0. The van der Waals surface area contributed by atoms with E-state index in [1.165, 1.54) is 0 Å².